The van der Waals surface area contributed by atoms with Gasteiger partial charge in [0.25, 0.3) is 0 Å². The average Bonchev–Trinajstić information content (AvgIpc) is 3.17. The molecule has 1 nitrogen and oxygen atoms in total. The van der Waals surface area contributed by atoms with Gasteiger partial charge in [-0.2, -0.15) is 4.40 Å². The van der Waals surface area contributed by atoms with E-state index in [4.69, 9.17) is 0 Å². The zero-order valence-electron chi connectivity index (χ0n) is 14.5. The van der Waals surface area contributed by atoms with Gasteiger partial charge in [0.05, 0.1) is 5.56 Å². The summed E-state index contributed by atoms with van der Waals surface area (Å²) in [6, 6.07) is 28.2. The van der Waals surface area contributed by atoms with Crippen LogP contribution in [0.15, 0.2) is 90.4 Å². The van der Waals surface area contributed by atoms with Crippen LogP contribution in [0.4, 0.5) is 0 Å². The molecule has 2 aromatic carbocycles. The molecular formula is C24H18NS+. The minimum absolute atomic E-state index is 1.24. The summed E-state index contributed by atoms with van der Waals surface area (Å²) >= 11 is 1.81. The molecule has 0 aliphatic rings. The number of rotatable bonds is 2. The Hall–Kier alpha value is -2.97. The highest BCUT2D eigenvalue weighted by molar-refractivity contribution is 7.18. The van der Waals surface area contributed by atoms with E-state index in [0.29, 0.717) is 0 Å². The van der Waals surface area contributed by atoms with Gasteiger partial charge in [0.2, 0.25) is 11.2 Å². The highest BCUT2D eigenvalue weighted by atomic mass is 32.1. The van der Waals surface area contributed by atoms with Gasteiger partial charge in [0.1, 0.15) is 4.70 Å². The van der Waals surface area contributed by atoms with E-state index >= 15 is 0 Å². The second kappa shape index (κ2) is 6.08. The highest BCUT2D eigenvalue weighted by Gasteiger charge is 2.25. The molecule has 0 radical (unpaired) electrons. The van der Waals surface area contributed by atoms with Crippen LogP contribution in [0.5, 0.6) is 0 Å². The molecule has 0 bridgehead atoms. The molecule has 3 aromatic heterocycles. The fourth-order valence-corrected chi connectivity index (χ4v) is 4.63. The van der Waals surface area contributed by atoms with Crippen LogP contribution in [0.3, 0.4) is 0 Å². The SMILES string of the molecule is Cc1ccc2c3sccc3c(-c3ccccc3)c(-c3ccccc3)[n+]2c1. The number of nitrogens with zero attached hydrogens (tertiary/aromatic N) is 1. The number of benzene rings is 2. The molecule has 0 atom stereocenters. The van der Waals surface area contributed by atoms with Crippen molar-refractivity contribution in [3.05, 3.63) is 96.0 Å². The summed E-state index contributed by atoms with van der Waals surface area (Å²) < 4.78 is 3.70. The quantitative estimate of drug-likeness (QED) is 0.329. The second-order valence-corrected chi connectivity index (χ2v) is 7.50. The molecule has 5 aromatic rings. The lowest BCUT2D eigenvalue weighted by Gasteiger charge is -2.10. The molecule has 0 unspecified atom stereocenters. The second-order valence-electron chi connectivity index (χ2n) is 6.58. The number of hydrogen-bond donors (Lipinski definition) is 0. The Balaban J connectivity index is 2.05. The third kappa shape index (κ3) is 2.34. The van der Waals surface area contributed by atoms with Gasteiger partial charge in [-0.3, -0.25) is 0 Å². The Morgan fingerprint density at radius 1 is 0.731 bits per heavy atom. The standard InChI is InChI=1S/C24H18NS/c1-17-12-13-21-24-20(14-15-26-24)22(18-8-4-2-5-9-18)23(25(21)16-17)19-10-6-3-7-11-19/h2-16H,1H3/q+1. The van der Waals surface area contributed by atoms with Gasteiger partial charge in [0.15, 0.2) is 6.20 Å². The van der Waals surface area contributed by atoms with E-state index < -0.39 is 0 Å². The van der Waals surface area contributed by atoms with Crippen molar-refractivity contribution >= 4 is 26.9 Å². The number of thiophene rings is 1. The third-order valence-electron chi connectivity index (χ3n) is 4.85. The smallest absolute Gasteiger partial charge is 0.158 e. The van der Waals surface area contributed by atoms with E-state index in [0.717, 1.165) is 0 Å². The lowest BCUT2D eigenvalue weighted by atomic mass is 9.95. The van der Waals surface area contributed by atoms with Gasteiger partial charge in [-0.25, -0.2) is 0 Å². The monoisotopic (exact) mass is 352 g/mol. The van der Waals surface area contributed by atoms with Crippen LogP contribution in [0.1, 0.15) is 5.56 Å². The summed E-state index contributed by atoms with van der Waals surface area (Å²) in [6.45, 7) is 2.15. The van der Waals surface area contributed by atoms with Crippen molar-refractivity contribution in [2.75, 3.05) is 0 Å². The van der Waals surface area contributed by atoms with Gasteiger partial charge in [-0.1, -0.05) is 48.5 Å². The van der Waals surface area contributed by atoms with E-state index in [1.54, 1.807) is 0 Å². The Bertz CT molecular complexity index is 1220. The molecule has 0 amide bonds. The molecule has 0 aliphatic heterocycles. The molecule has 0 saturated heterocycles. The Morgan fingerprint density at radius 2 is 1.42 bits per heavy atom. The Morgan fingerprint density at radius 3 is 2.15 bits per heavy atom. The van der Waals surface area contributed by atoms with E-state index in [-0.39, 0.29) is 0 Å². The van der Waals surface area contributed by atoms with Gasteiger partial charge in [0, 0.05) is 22.6 Å². The first-order valence-electron chi connectivity index (χ1n) is 8.79. The molecule has 0 saturated carbocycles. The summed E-state index contributed by atoms with van der Waals surface area (Å²) in [5.41, 5.74) is 7.57. The first kappa shape index (κ1) is 15.3. The van der Waals surface area contributed by atoms with Crippen LogP contribution in [0, 0.1) is 6.92 Å². The van der Waals surface area contributed by atoms with Gasteiger partial charge in [-0.05, 0) is 42.1 Å². The Kier molecular flexibility index (Phi) is 3.58. The zero-order chi connectivity index (χ0) is 17.5. The fourth-order valence-electron chi connectivity index (χ4n) is 3.71. The van der Waals surface area contributed by atoms with E-state index in [9.17, 15) is 0 Å². The molecule has 26 heavy (non-hydrogen) atoms. The maximum atomic E-state index is 2.37. The summed E-state index contributed by atoms with van der Waals surface area (Å²) in [6.07, 6.45) is 2.25. The lowest BCUT2D eigenvalue weighted by Crippen LogP contribution is -2.26. The summed E-state index contributed by atoms with van der Waals surface area (Å²) in [5, 5.41) is 3.52. The zero-order valence-corrected chi connectivity index (χ0v) is 15.3. The molecule has 0 N–H and O–H groups in total. The van der Waals surface area contributed by atoms with Crippen molar-refractivity contribution in [1.82, 2.24) is 0 Å². The van der Waals surface area contributed by atoms with Crippen LogP contribution in [0.25, 0.3) is 38.0 Å². The van der Waals surface area contributed by atoms with Crippen molar-refractivity contribution < 1.29 is 4.40 Å². The lowest BCUT2D eigenvalue weighted by molar-refractivity contribution is -0.498. The van der Waals surface area contributed by atoms with Crippen LogP contribution >= 0.6 is 11.3 Å². The first-order chi connectivity index (χ1) is 12.8. The molecule has 0 aliphatic carbocycles. The molecule has 3 heterocycles. The van der Waals surface area contributed by atoms with Crippen molar-refractivity contribution in [3.8, 4) is 22.4 Å². The number of pyridine rings is 2. The van der Waals surface area contributed by atoms with Gasteiger partial charge >= 0.3 is 0 Å². The van der Waals surface area contributed by atoms with E-state index in [1.807, 2.05) is 11.3 Å². The average molecular weight is 352 g/mol. The van der Waals surface area contributed by atoms with E-state index in [1.165, 1.54) is 43.6 Å². The summed E-state index contributed by atoms with van der Waals surface area (Å²) in [5.74, 6) is 0. The van der Waals surface area contributed by atoms with Crippen LogP contribution < -0.4 is 4.40 Å². The van der Waals surface area contributed by atoms with Crippen molar-refractivity contribution in [2.24, 2.45) is 0 Å². The molecular weight excluding hydrogens is 334 g/mol. The maximum absolute atomic E-state index is 2.37. The predicted octanol–water partition coefficient (Wildman–Crippen LogP) is 6.28. The van der Waals surface area contributed by atoms with Gasteiger partial charge in [-0.15, -0.1) is 11.3 Å². The molecule has 0 spiro atoms. The minimum atomic E-state index is 1.24. The number of fused-ring (bicyclic) bond motifs is 3. The highest BCUT2D eigenvalue weighted by Crippen LogP contribution is 2.39. The van der Waals surface area contributed by atoms with E-state index in [2.05, 4.69) is 102 Å². The molecule has 124 valence electrons. The normalized spacial score (nSPS) is 11.3. The van der Waals surface area contributed by atoms with Crippen LogP contribution in [0.2, 0.25) is 0 Å². The van der Waals surface area contributed by atoms with Crippen LogP contribution in [-0.2, 0) is 0 Å². The van der Waals surface area contributed by atoms with Crippen molar-refractivity contribution in [1.29, 1.82) is 0 Å². The minimum Gasteiger partial charge on any atom is -0.158 e. The molecule has 2 heteroatoms. The number of aromatic nitrogens is 1. The largest absolute Gasteiger partial charge is 0.229 e. The predicted molar refractivity (Wildman–Crippen MR) is 111 cm³/mol. The van der Waals surface area contributed by atoms with Gasteiger partial charge < -0.3 is 0 Å². The fraction of sp³-hybridized carbons (Fsp3) is 0.0417. The Labute approximate surface area is 156 Å². The third-order valence-corrected chi connectivity index (χ3v) is 5.79. The topological polar surface area (TPSA) is 4.10 Å². The van der Waals surface area contributed by atoms with Crippen molar-refractivity contribution in [2.45, 2.75) is 6.92 Å². The first-order valence-corrected chi connectivity index (χ1v) is 9.67. The number of aryl methyl sites for hydroxylation is 1. The number of hydrogen-bond acceptors (Lipinski definition) is 1. The molecule has 5 rings (SSSR count). The van der Waals surface area contributed by atoms with Crippen molar-refractivity contribution in [3.63, 3.8) is 0 Å². The maximum Gasteiger partial charge on any atom is 0.229 e. The van der Waals surface area contributed by atoms with Crippen LogP contribution in [-0.4, -0.2) is 0 Å². The summed E-state index contributed by atoms with van der Waals surface area (Å²) in [4.78, 5) is 0. The summed E-state index contributed by atoms with van der Waals surface area (Å²) in [7, 11) is 0. The molecule has 0 fully saturated rings.